The van der Waals surface area contributed by atoms with E-state index in [1.165, 1.54) is 0 Å². The predicted octanol–water partition coefficient (Wildman–Crippen LogP) is 2.64. The zero-order valence-corrected chi connectivity index (χ0v) is 7.98. The molecule has 0 aromatic carbocycles. The molecule has 1 heterocycles. The number of nitrogen functional groups attached to an aromatic ring is 1. The van der Waals surface area contributed by atoms with Crippen molar-refractivity contribution in [2.24, 2.45) is 0 Å². The van der Waals surface area contributed by atoms with E-state index in [-0.39, 0.29) is 11.1 Å². The summed E-state index contributed by atoms with van der Waals surface area (Å²) in [4.78, 5) is 3.17. The Morgan fingerprint density at radius 2 is 2.15 bits per heavy atom. The van der Waals surface area contributed by atoms with Crippen LogP contribution in [0.4, 0.5) is 19.0 Å². The Balaban J connectivity index is 3.22. The second-order valence-corrected chi connectivity index (χ2v) is 2.91. The lowest BCUT2D eigenvalue weighted by Gasteiger charge is -2.05. The van der Waals surface area contributed by atoms with Gasteiger partial charge in [0.1, 0.15) is 5.82 Å². The maximum absolute atomic E-state index is 12.7. The number of nitrogens with two attached hydrogens (primary N) is 1. The van der Waals surface area contributed by atoms with Crippen molar-refractivity contribution in [1.82, 2.24) is 4.98 Å². The molecule has 0 radical (unpaired) electrons. The molecule has 0 bridgehead atoms. The van der Waals surface area contributed by atoms with Gasteiger partial charge in [0.15, 0.2) is 0 Å². The third kappa shape index (κ3) is 2.12. The standard InChI is InChI=1S/C7H6BrF3N2/c8-2-3-1-4(5(9)10)6(11)13-7(3)12/h1,5H,2H2,(H2,12,13). The van der Waals surface area contributed by atoms with Crippen molar-refractivity contribution in [3.63, 3.8) is 0 Å². The van der Waals surface area contributed by atoms with Crippen LogP contribution in [0.15, 0.2) is 6.07 Å². The number of aromatic nitrogens is 1. The van der Waals surface area contributed by atoms with E-state index in [0.717, 1.165) is 6.07 Å². The summed E-state index contributed by atoms with van der Waals surface area (Å²) in [5.41, 5.74) is 4.91. The highest BCUT2D eigenvalue weighted by Gasteiger charge is 2.16. The molecular formula is C7H6BrF3N2. The summed E-state index contributed by atoms with van der Waals surface area (Å²) >= 11 is 3.03. The zero-order valence-electron chi connectivity index (χ0n) is 6.40. The monoisotopic (exact) mass is 254 g/mol. The summed E-state index contributed by atoms with van der Waals surface area (Å²) in [6, 6.07) is 1.01. The van der Waals surface area contributed by atoms with Crippen molar-refractivity contribution in [3.8, 4) is 0 Å². The van der Waals surface area contributed by atoms with Gasteiger partial charge in [0.2, 0.25) is 5.95 Å². The number of alkyl halides is 3. The summed E-state index contributed by atoms with van der Waals surface area (Å²) in [6.45, 7) is 0. The molecular weight excluding hydrogens is 249 g/mol. The van der Waals surface area contributed by atoms with Gasteiger partial charge >= 0.3 is 0 Å². The van der Waals surface area contributed by atoms with Gasteiger partial charge in [-0.2, -0.15) is 4.39 Å². The average Bonchev–Trinajstić information content (AvgIpc) is 2.03. The first kappa shape index (κ1) is 10.3. The van der Waals surface area contributed by atoms with Crippen molar-refractivity contribution in [2.75, 3.05) is 5.73 Å². The van der Waals surface area contributed by atoms with E-state index < -0.39 is 17.9 Å². The molecule has 2 nitrogen and oxygen atoms in total. The van der Waals surface area contributed by atoms with Crippen molar-refractivity contribution in [1.29, 1.82) is 0 Å². The van der Waals surface area contributed by atoms with E-state index in [1.807, 2.05) is 0 Å². The highest BCUT2D eigenvalue weighted by Crippen LogP contribution is 2.25. The first-order valence-electron chi connectivity index (χ1n) is 3.35. The molecule has 0 fully saturated rings. The molecule has 1 aromatic rings. The van der Waals surface area contributed by atoms with Crippen LogP contribution in [-0.2, 0) is 5.33 Å². The third-order valence-electron chi connectivity index (χ3n) is 1.49. The molecule has 72 valence electrons. The number of nitrogens with zero attached hydrogens (tertiary/aromatic N) is 1. The molecule has 0 aliphatic heterocycles. The summed E-state index contributed by atoms with van der Waals surface area (Å²) in [5.74, 6) is -1.28. The fraction of sp³-hybridized carbons (Fsp3) is 0.286. The number of hydrogen-bond acceptors (Lipinski definition) is 2. The van der Waals surface area contributed by atoms with E-state index in [4.69, 9.17) is 5.73 Å². The molecule has 0 aliphatic carbocycles. The van der Waals surface area contributed by atoms with Gasteiger partial charge in [-0.1, -0.05) is 15.9 Å². The van der Waals surface area contributed by atoms with Crippen LogP contribution in [0.25, 0.3) is 0 Å². The van der Waals surface area contributed by atoms with Crippen LogP contribution in [0.1, 0.15) is 17.6 Å². The van der Waals surface area contributed by atoms with Crippen LogP contribution < -0.4 is 5.73 Å². The Hall–Kier alpha value is -0.780. The molecule has 13 heavy (non-hydrogen) atoms. The van der Waals surface area contributed by atoms with Crippen LogP contribution in [0.5, 0.6) is 0 Å². The number of hydrogen-bond donors (Lipinski definition) is 1. The van der Waals surface area contributed by atoms with Crippen LogP contribution in [0.2, 0.25) is 0 Å². The largest absolute Gasteiger partial charge is 0.383 e. The zero-order chi connectivity index (χ0) is 10.0. The van der Waals surface area contributed by atoms with Crippen molar-refractivity contribution < 1.29 is 13.2 Å². The molecule has 0 spiro atoms. The number of halogens is 4. The van der Waals surface area contributed by atoms with Gasteiger partial charge < -0.3 is 5.73 Å². The van der Waals surface area contributed by atoms with Crippen molar-refractivity contribution in [3.05, 3.63) is 23.1 Å². The Labute approximate surface area is 81.1 Å². The Morgan fingerprint density at radius 3 is 2.62 bits per heavy atom. The van der Waals surface area contributed by atoms with Gasteiger partial charge in [-0.15, -0.1) is 0 Å². The molecule has 0 unspecified atom stereocenters. The van der Waals surface area contributed by atoms with Crippen LogP contribution in [-0.4, -0.2) is 4.98 Å². The van der Waals surface area contributed by atoms with Crippen molar-refractivity contribution in [2.45, 2.75) is 11.8 Å². The third-order valence-corrected chi connectivity index (χ3v) is 2.10. The van der Waals surface area contributed by atoms with Gasteiger partial charge in [0.05, 0.1) is 5.56 Å². The lowest BCUT2D eigenvalue weighted by molar-refractivity contribution is 0.145. The Bertz CT molecular complexity index is 317. The maximum Gasteiger partial charge on any atom is 0.268 e. The van der Waals surface area contributed by atoms with Crippen LogP contribution in [0, 0.1) is 5.95 Å². The van der Waals surface area contributed by atoms with Gasteiger partial charge in [-0.3, -0.25) is 0 Å². The topological polar surface area (TPSA) is 38.9 Å². The first-order valence-corrected chi connectivity index (χ1v) is 4.47. The smallest absolute Gasteiger partial charge is 0.268 e. The molecule has 6 heteroatoms. The first-order chi connectivity index (χ1) is 6.06. The summed E-state index contributed by atoms with van der Waals surface area (Å²) in [7, 11) is 0. The highest BCUT2D eigenvalue weighted by atomic mass is 79.9. The number of anilines is 1. The second kappa shape index (κ2) is 3.95. The van der Waals surface area contributed by atoms with Gasteiger partial charge in [-0.05, 0) is 6.07 Å². The summed E-state index contributed by atoms with van der Waals surface area (Å²) < 4.78 is 37.0. The van der Waals surface area contributed by atoms with E-state index in [9.17, 15) is 13.2 Å². The van der Waals surface area contributed by atoms with E-state index in [0.29, 0.717) is 5.56 Å². The normalized spacial score (nSPS) is 10.8. The lowest BCUT2D eigenvalue weighted by atomic mass is 10.2. The Kier molecular flexibility index (Phi) is 3.13. The van der Waals surface area contributed by atoms with E-state index in [2.05, 4.69) is 20.9 Å². The molecule has 2 N–H and O–H groups in total. The molecule has 1 rings (SSSR count). The minimum absolute atomic E-state index is 0.0706. The fourth-order valence-electron chi connectivity index (χ4n) is 0.823. The van der Waals surface area contributed by atoms with Gasteiger partial charge in [0, 0.05) is 10.9 Å². The highest BCUT2D eigenvalue weighted by molar-refractivity contribution is 9.08. The van der Waals surface area contributed by atoms with Crippen molar-refractivity contribution >= 4 is 21.7 Å². The molecule has 0 aliphatic rings. The number of rotatable bonds is 2. The van der Waals surface area contributed by atoms with Gasteiger partial charge in [0.25, 0.3) is 6.43 Å². The van der Waals surface area contributed by atoms with E-state index >= 15 is 0 Å². The molecule has 0 saturated heterocycles. The fourth-order valence-corrected chi connectivity index (χ4v) is 1.27. The SMILES string of the molecule is Nc1nc(F)c(C(F)F)cc1CBr. The lowest BCUT2D eigenvalue weighted by Crippen LogP contribution is -2.03. The molecule has 0 atom stereocenters. The van der Waals surface area contributed by atoms with E-state index in [1.54, 1.807) is 0 Å². The predicted molar refractivity (Wildman–Crippen MR) is 46.2 cm³/mol. The minimum atomic E-state index is -2.87. The van der Waals surface area contributed by atoms with Crippen LogP contribution in [0.3, 0.4) is 0 Å². The van der Waals surface area contributed by atoms with Gasteiger partial charge in [-0.25, -0.2) is 13.8 Å². The molecule has 1 aromatic heterocycles. The summed E-state index contributed by atoms with van der Waals surface area (Å²) in [5, 5.41) is 0.270. The number of pyridine rings is 1. The maximum atomic E-state index is 12.7. The molecule has 0 amide bonds. The second-order valence-electron chi connectivity index (χ2n) is 2.35. The minimum Gasteiger partial charge on any atom is -0.383 e. The van der Waals surface area contributed by atoms with Crippen LogP contribution >= 0.6 is 15.9 Å². The summed E-state index contributed by atoms with van der Waals surface area (Å²) in [6.07, 6.45) is -2.87. The Morgan fingerprint density at radius 1 is 1.54 bits per heavy atom. The average molecular weight is 255 g/mol. The molecule has 0 saturated carbocycles. The quantitative estimate of drug-likeness (QED) is 0.651.